The Morgan fingerprint density at radius 2 is 2.11 bits per heavy atom. The van der Waals surface area contributed by atoms with Gasteiger partial charge in [-0.1, -0.05) is 37.1 Å². The van der Waals surface area contributed by atoms with Gasteiger partial charge in [0, 0.05) is 35.0 Å². The van der Waals surface area contributed by atoms with Crippen molar-refractivity contribution in [2.45, 2.75) is 38.4 Å². The summed E-state index contributed by atoms with van der Waals surface area (Å²) in [6, 6.07) is 6.58. The Labute approximate surface area is 169 Å². The van der Waals surface area contributed by atoms with Crippen LogP contribution in [0.3, 0.4) is 0 Å². The van der Waals surface area contributed by atoms with Crippen molar-refractivity contribution < 1.29 is 9.59 Å². The average molecular weight is 406 g/mol. The highest BCUT2D eigenvalue weighted by atomic mass is 35.5. The lowest BCUT2D eigenvalue weighted by Gasteiger charge is -2.39. The van der Waals surface area contributed by atoms with E-state index in [2.05, 4.69) is 12.2 Å². The van der Waals surface area contributed by atoms with Gasteiger partial charge in [-0.05, 0) is 30.2 Å². The summed E-state index contributed by atoms with van der Waals surface area (Å²) in [7, 11) is 0. The zero-order chi connectivity index (χ0) is 19.4. The van der Waals surface area contributed by atoms with E-state index in [1.165, 1.54) is 0 Å². The van der Waals surface area contributed by atoms with E-state index in [0.717, 1.165) is 23.3 Å². The standard InChI is InChI=1S/C20H24ClN3O2S/c1-2-3-8-23-20(26)14-9-17-18(19(25)16(22)12-27-17)24(11-14)10-13-4-6-15(21)7-5-13/h4-7,9,11,16,18H,2-3,8,10,12,22H2,1H3,(H,23,26)/t16-,18?/m0/s1. The molecule has 27 heavy (non-hydrogen) atoms. The molecule has 2 atom stereocenters. The van der Waals surface area contributed by atoms with Gasteiger partial charge in [-0.3, -0.25) is 9.59 Å². The molecule has 0 radical (unpaired) electrons. The molecule has 1 saturated heterocycles. The smallest absolute Gasteiger partial charge is 0.252 e. The largest absolute Gasteiger partial charge is 0.358 e. The number of unbranched alkanes of at least 4 members (excludes halogenated alkanes) is 1. The third-order valence-electron chi connectivity index (χ3n) is 4.62. The van der Waals surface area contributed by atoms with E-state index >= 15 is 0 Å². The van der Waals surface area contributed by atoms with Gasteiger partial charge in [0.1, 0.15) is 6.04 Å². The monoisotopic (exact) mass is 405 g/mol. The molecule has 7 heteroatoms. The molecule has 0 aliphatic carbocycles. The van der Waals surface area contributed by atoms with Crippen LogP contribution < -0.4 is 11.1 Å². The van der Waals surface area contributed by atoms with Crippen molar-refractivity contribution in [2.75, 3.05) is 12.3 Å². The number of thioether (sulfide) groups is 1. The second-order valence-electron chi connectivity index (χ2n) is 6.76. The molecule has 2 aliphatic rings. The fraction of sp³-hybridized carbons (Fsp3) is 0.400. The quantitative estimate of drug-likeness (QED) is 0.712. The number of nitrogens with zero attached hydrogens (tertiary/aromatic N) is 1. The van der Waals surface area contributed by atoms with Crippen LogP contribution in [-0.2, 0) is 16.1 Å². The van der Waals surface area contributed by atoms with E-state index in [1.54, 1.807) is 18.0 Å². The molecule has 1 aromatic carbocycles. The Bertz CT molecular complexity index is 776. The summed E-state index contributed by atoms with van der Waals surface area (Å²) in [6.07, 6.45) is 5.57. The topological polar surface area (TPSA) is 75.4 Å². The highest BCUT2D eigenvalue weighted by Gasteiger charge is 2.39. The SMILES string of the molecule is CCCCNC(=O)C1=CN(Cc2ccc(Cl)cc2)C2C(=O)[C@@H](N)CSC2=C1. The summed E-state index contributed by atoms with van der Waals surface area (Å²) in [4.78, 5) is 28.1. The van der Waals surface area contributed by atoms with E-state index < -0.39 is 12.1 Å². The van der Waals surface area contributed by atoms with Crippen LogP contribution in [0.1, 0.15) is 25.3 Å². The summed E-state index contributed by atoms with van der Waals surface area (Å²) in [5.41, 5.74) is 7.58. The van der Waals surface area contributed by atoms with Crippen molar-refractivity contribution in [1.29, 1.82) is 0 Å². The van der Waals surface area contributed by atoms with Crippen molar-refractivity contribution in [1.82, 2.24) is 10.2 Å². The first-order valence-electron chi connectivity index (χ1n) is 9.13. The Morgan fingerprint density at radius 1 is 1.37 bits per heavy atom. The first-order chi connectivity index (χ1) is 13.0. The molecule has 3 N–H and O–H groups in total. The van der Waals surface area contributed by atoms with Gasteiger partial charge in [-0.15, -0.1) is 11.8 Å². The zero-order valence-corrected chi connectivity index (χ0v) is 16.9. The number of carbonyl (C=O) groups is 2. The molecule has 3 rings (SSSR count). The third kappa shape index (κ3) is 4.75. The average Bonchev–Trinajstić information content (AvgIpc) is 2.66. The fourth-order valence-electron chi connectivity index (χ4n) is 3.12. The maximum atomic E-state index is 12.7. The number of ketones is 1. The number of Topliss-reactive ketones (excluding diaryl/α,β-unsaturated/α-hetero) is 1. The minimum absolute atomic E-state index is 0.00402. The fourth-order valence-corrected chi connectivity index (χ4v) is 4.41. The van der Waals surface area contributed by atoms with Crippen LogP contribution >= 0.6 is 23.4 Å². The van der Waals surface area contributed by atoms with Gasteiger partial charge in [0.25, 0.3) is 5.91 Å². The van der Waals surface area contributed by atoms with Gasteiger partial charge in [0.15, 0.2) is 5.78 Å². The van der Waals surface area contributed by atoms with Gasteiger partial charge in [-0.25, -0.2) is 0 Å². The van der Waals surface area contributed by atoms with Gasteiger partial charge in [0.05, 0.1) is 11.6 Å². The number of carbonyl (C=O) groups excluding carboxylic acids is 2. The zero-order valence-electron chi connectivity index (χ0n) is 15.3. The van der Waals surface area contributed by atoms with Crippen LogP contribution in [0.25, 0.3) is 0 Å². The minimum atomic E-state index is -0.488. The number of benzene rings is 1. The number of rotatable bonds is 6. The first-order valence-corrected chi connectivity index (χ1v) is 10.5. The van der Waals surface area contributed by atoms with Crippen LogP contribution in [0.15, 0.2) is 47.0 Å². The van der Waals surface area contributed by atoms with E-state index in [-0.39, 0.29) is 11.7 Å². The lowest BCUT2D eigenvalue weighted by Crippen LogP contribution is -2.52. The van der Waals surface area contributed by atoms with Crippen LogP contribution in [-0.4, -0.2) is 41.0 Å². The molecule has 2 heterocycles. The van der Waals surface area contributed by atoms with Gasteiger partial charge >= 0.3 is 0 Å². The molecule has 0 bridgehead atoms. The number of fused-ring (bicyclic) bond motifs is 1. The minimum Gasteiger partial charge on any atom is -0.358 e. The maximum Gasteiger partial charge on any atom is 0.252 e. The molecule has 0 spiro atoms. The van der Waals surface area contributed by atoms with E-state index in [0.29, 0.717) is 29.4 Å². The molecule has 2 aliphatic heterocycles. The highest BCUT2D eigenvalue weighted by molar-refractivity contribution is 8.03. The number of nitrogens with one attached hydrogen (secondary N) is 1. The number of halogens is 1. The molecule has 1 amide bonds. The van der Waals surface area contributed by atoms with Crippen LogP contribution in [0, 0.1) is 0 Å². The number of hydrogen-bond donors (Lipinski definition) is 2. The predicted molar refractivity (Wildman–Crippen MR) is 110 cm³/mol. The lowest BCUT2D eigenvalue weighted by atomic mass is 9.98. The first kappa shape index (κ1) is 20.0. The Balaban J connectivity index is 1.85. The maximum absolute atomic E-state index is 12.7. The predicted octanol–water partition coefficient (Wildman–Crippen LogP) is 2.85. The molecular formula is C20H24ClN3O2S. The van der Waals surface area contributed by atoms with Crippen LogP contribution in [0.2, 0.25) is 5.02 Å². The molecule has 0 saturated carbocycles. The molecular weight excluding hydrogens is 382 g/mol. The Kier molecular flexibility index (Phi) is 6.63. The molecule has 5 nitrogen and oxygen atoms in total. The summed E-state index contributed by atoms with van der Waals surface area (Å²) in [5.74, 6) is 0.426. The summed E-state index contributed by atoms with van der Waals surface area (Å²) >= 11 is 7.53. The van der Waals surface area contributed by atoms with Crippen molar-refractivity contribution >= 4 is 35.1 Å². The van der Waals surface area contributed by atoms with Gasteiger partial charge in [-0.2, -0.15) is 0 Å². The number of nitrogens with two attached hydrogens (primary N) is 1. The molecule has 1 unspecified atom stereocenters. The van der Waals surface area contributed by atoms with E-state index in [9.17, 15) is 9.59 Å². The Hall–Kier alpha value is -1.76. The second kappa shape index (κ2) is 8.95. The van der Waals surface area contributed by atoms with Gasteiger partial charge in [0.2, 0.25) is 0 Å². The number of hydrogen-bond acceptors (Lipinski definition) is 5. The van der Waals surface area contributed by atoms with Gasteiger partial charge < -0.3 is 16.0 Å². The molecule has 144 valence electrons. The highest BCUT2D eigenvalue weighted by Crippen LogP contribution is 2.35. The molecule has 0 aromatic heterocycles. The number of amides is 1. The van der Waals surface area contributed by atoms with E-state index in [1.807, 2.05) is 35.2 Å². The van der Waals surface area contributed by atoms with Crippen molar-refractivity contribution in [3.63, 3.8) is 0 Å². The normalized spacial score (nSPS) is 22.0. The second-order valence-corrected chi connectivity index (χ2v) is 8.29. The van der Waals surface area contributed by atoms with Crippen molar-refractivity contribution in [3.8, 4) is 0 Å². The van der Waals surface area contributed by atoms with Crippen LogP contribution in [0.5, 0.6) is 0 Å². The third-order valence-corrected chi connectivity index (χ3v) is 6.08. The van der Waals surface area contributed by atoms with Crippen molar-refractivity contribution in [2.24, 2.45) is 5.73 Å². The lowest BCUT2D eigenvalue weighted by molar-refractivity contribution is -0.123. The molecule has 1 fully saturated rings. The molecule has 1 aromatic rings. The summed E-state index contributed by atoms with van der Waals surface area (Å²) in [5, 5.41) is 3.61. The van der Waals surface area contributed by atoms with E-state index in [4.69, 9.17) is 17.3 Å². The summed E-state index contributed by atoms with van der Waals surface area (Å²) < 4.78 is 0. The van der Waals surface area contributed by atoms with Crippen molar-refractivity contribution in [3.05, 3.63) is 57.6 Å². The Morgan fingerprint density at radius 3 is 2.81 bits per heavy atom. The van der Waals surface area contributed by atoms with Crippen LogP contribution in [0.4, 0.5) is 0 Å². The summed E-state index contributed by atoms with van der Waals surface area (Å²) in [6.45, 7) is 3.23.